The van der Waals surface area contributed by atoms with Gasteiger partial charge in [0, 0.05) is 13.1 Å². The number of carbonyl (C=O) groups excluding carboxylic acids is 3. The third-order valence-corrected chi connectivity index (χ3v) is 6.02. The van der Waals surface area contributed by atoms with Gasteiger partial charge in [0.15, 0.2) is 0 Å². The Morgan fingerprint density at radius 1 is 1.22 bits per heavy atom. The van der Waals surface area contributed by atoms with Gasteiger partial charge in [-0.15, -0.1) is 0 Å². The predicted molar refractivity (Wildman–Crippen MR) is 117 cm³/mol. The Morgan fingerprint density at radius 2 is 1.94 bits per heavy atom. The molecule has 2 heterocycles. The van der Waals surface area contributed by atoms with E-state index in [1.54, 1.807) is 31.2 Å². The molecule has 2 aliphatic heterocycles. The summed E-state index contributed by atoms with van der Waals surface area (Å²) >= 11 is 0. The molecule has 32 heavy (non-hydrogen) atoms. The number of carbonyl (C=O) groups is 3. The lowest BCUT2D eigenvalue weighted by molar-refractivity contribution is -0.150. The number of nitrogens with one attached hydrogen (secondary N) is 1. The smallest absolute Gasteiger partial charge is 0.313 e. The summed E-state index contributed by atoms with van der Waals surface area (Å²) in [5, 5.41) is 2.97. The number of ether oxygens (including phenoxy) is 2. The Bertz CT molecular complexity index is 1010. The van der Waals surface area contributed by atoms with Crippen molar-refractivity contribution in [3.8, 4) is 5.75 Å². The van der Waals surface area contributed by atoms with E-state index in [9.17, 15) is 14.4 Å². The van der Waals surface area contributed by atoms with Crippen molar-refractivity contribution in [3.05, 3.63) is 65.7 Å². The molecule has 2 aromatic rings. The van der Waals surface area contributed by atoms with Crippen LogP contribution in [-0.4, -0.2) is 60.6 Å². The molecule has 0 saturated carbocycles. The van der Waals surface area contributed by atoms with Crippen molar-refractivity contribution in [1.29, 1.82) is 0 Å². The van der Waals surface area contributed by atoms with E-state index in [0.717, 1.165) is 5.56 Å². The number of para-hydroxylation sites is 1. The van der Waals surface area contributed by atoms with E-state index in [2.05, 4.69) is 5.32 Å². The number of hydrogen-bond donors (Lipinski definition) is 2. The first-order chi connectivity index (χ1) is 15.4. The van der Waals surface area contributed by atoms with Crippen LogP contribution in [0.3, 0.4) is 0 Å². The van der Waals surface area contributed by atoms with Crippen LogP contribution in [0, 0.1) is 5.92 Å². The second-order valence-electron chi connectivity index (χ2n) is 8.21. The molecule has 2 amide bonds. The first-order valence-electron chi connectivity index (χ1n) is 10.7. The average Bonchev–Trinajstić information content (AvgIpc) is 3.10. The SMILES string of the molecule is CCOC(=O)[C@@H]1CN(C(=O)C(N)Cc2ccccc2)C[C@]12COc1ccccc1C(=O)N2. The van der Waals surface area contributed by atoms with Crippen LogP contribution in [0.15, 0.2) is 54.6 Å². The van der Waals surface area contributed by atoms with Crippen molar-refractivity contribution in [1.82, 2.24) is 10.2 Å². The molecule has 2 aliphatic rings. The van der Waals surface area contributed by atoms with Crippen LogP contribution in [0.4, 0.5) is 0 Å². The summed E-state index contributed by atoms with van der Waals surface area (Å²) in [6.45, 7) is 2.16. The molecule has 0 aromatic heterocycles. The number of amides is 2. The normalized spacial score (nSPS) is 23.0. The maximum Gasteiger partial charge on any atom is 0.313 e. The minimum atomic E-state index is -1.11. The van der Waals surface area contributed by atoms with Gasteiger partial charge in [-0.25, -0.2) is 0 Å². The Morgan fingerprint density at radius 3 is 2.69 bits per heavy atom. The molecular formula is C24H27N3O5. The number of hydrogen-bond acceptors (Lipinski definition) is 6. The van der Waals surface area contributed by atoms with Crippen molar-refractivity contribution in [2.24, 2.45) is 11.7 Å². The molecule has 3 N–H and O–H groups in total. The van der Waals surface area contributed by atoms with Crippen molar-refractivity contribution >= 4 is 17.8 Å². The molecule has 4 rings (SSSR count). The van der Waals surface area contributed by atoms with Crippen LogP contribution in [0.25, 0.3) is 0 Å². The third-order valence-electron chi connectivity index (χ3n) is 6.02. The molecule has 8 heteroatoms. The first kappa shape index (κ1) is 21.8. The van der Waals surface area contributed by atoms with Crippen molar-refractivity contribution in [3.63, 3.8) is 0 Å². The highest BCUT2D eigenvalue weighted by Gasteiger charge is 2.55. The van der Waals surface area contributed by atoms with Gasteiger partial charge in [0.1, 0.15) is 23.8 Å². The highest BCUT2D eigenvalue weighted by Crippen LogP contribution is 2.34. The molecule has 0 aliphatic carbocycles. The van der Waals surface area contributed by atoms with Crippen molar-refractivity contribution < 1.29 is 23.9 Å². The monoisotopic (exact) mass is 437 g/mol. The average molecular weight is 437 g/mol. The zero-order valence-electron chi connectivity index (χ0n) is 18.0. The summed E-state index contributed by atoms with van der Waals surface area (Å²) in [7, 11) is 0. The lowest BCUT2D eigenvalue weighted by atomic mass is 9.87. The second-order valence-corrected chi connectivity index (χ2v) is 8.21. The van der Waals surface area contributed by atoms with Gasteiger partial charge >= 0.3 is 5.97 Å². The Labute approximate surface area is 186 Å². The summed E-state index contributed by atoms with van der Waals surface area (Å²) in [6, 6.07) is 15.6. The number of fused-ring (bicyclic) bond motifs is 1. The van der Waals surface area contributed by atoms with E-state index in [1.165, 1.54) is 4.90 Å². The van der Waals surface area contributed by atoms with Crippen LogP contribution < -0.4 is 15.8 Å². The second kappa shape index (κ2) is 9.00. The maximum absolute atomic E-state index is 13.2. The number of nitrogens with two attached hydrogens (primary N) is 1. The quantitative estimate of drug-likeness (QED) is 0.679. The maximum atomic E-state index is 13.2. The summed E-state index contributed by atoms with van der Waals surface area (Å²) < 4.78 is 11.2. The van der Waals surface area contributed by atoms with Crippen LogP contribution in [-0.2, 0) is 20.7 Å². The molecule has 1 fully saturated rings. The van der Waals surface area contributed by atoms with E-state index < -0.39 is 23.5 Å². The fourth-order valence-corrected chi connectivity index (χ4v) is 4.40. The fraction of sp³-hybridized carbons (Fsp3) is 0.375. The topological polar surface area (TPSA) is 111 Å². The summed E-state index contributed by atoms with van der Waals surface area (Å²) in [6.07, 6.45) is 0.377. The van der Waals surface area contributed by atoms with Crippen LogP contribution >= 0.6 is 0 Å². The molecule has 168 valence electrons. The molecule has 2 aromatic carbocycles. The third kappa shape index (κ3) is 4.18. The van der Waals surface area contributed by atoms with Gasteiger partial charge in [-0.1, -0.05) is 42.5 Å². The van der Waals surface area contributed by atoms with Crippen molar-refractivity contribution in [2.75, 3.05) is 26.3 Å². The van der Waals surface area contributed by atoms with E-state index in [0.29, 0.717) is 17.7 Å². The zero-order valence-corrected chi connectivity index (χ0v) is 18.0. The largest absolute Gasteiger partial charge is 0.490 e. The molecule has 0 radical (unpaired) electrons. The van der Waals surface area contributed by atoms with Gasteiger partial charge in [-0.3, -0.25) is 14.4 Å². The van der Waals surface area contributed by atoms with Gasteiger partial charge in [0.25, 0.3) is 5.91 Å². The Balaban J connectivity index is 1.58. The molecule has 3 atom stereocenters. The number of likely N-dealkylation sites (tertiary alicyclic amines) is 1. The summed E-state index contributed by atoms with van der Waals surface area (Å²) in [5.74, 6) is -1.44. The lowest BCUT2D eigenvalue weighted by Gasteiger charge is -2.32. The first-order valence-corrected chi connectivity index (χ1v) is 10.7. The van der Waals surface area contributed by atoms with E-state index in [-0.39, 0.29) is 38.1 Å². The molecular weight excluding hydrogens is 410 g/mol. The van der Waals surface area contributed by atoms with E-state index >= 15 is 0 Å². The number of nitrogens with zero attached hydrogens (tertiary/aromatic N) is 1. The van der Waals surface area contributed by atoms with Gasteiger partial charge in [-0.2, -0.15) is 0 Å². The van der Waals surface area contributed by atoms with Gasteiger partial charge in [0.2, 0.25) is 5.91 Å². The minimum absolute atomic E-state index is 0.0386. The van der Waals surface area contributed by atoms with Crippen molar-refractivity contribution in [2.45, 2.75) is 24.9 Å². The summed E-state index contributed by atoms with van der Waals surface area (Å²) in [4.78, 5) is 40.5. The minimum Gasteiger partial charge on any atom is -0.490 e. The number of rotatable bonds is 5. The molecule has 1 unspecified atom stereocenters. The zero-order chi connectivity index (χ0) is 22.7. The molecule has 8 nitrogen and oxygen atoms in total. The standard InChI is InChI=1S/C24H27N3O5/c1-2-31-23(30)18-13-27(22(29)19(25)12-16-8-4-3-5-9-16)14-24(18)15-32-20-11-7-6-10-17(20)21(28)26-24/h3-11,18-19H,2,12-15,25H2,1H3,(H,26,28)/t18-,19?,24-/m0/s1. The number of benzene rings is 2. The highest BCUT2D eigenvalue weighted by molar-refractivity contribution is 5.98. The highest BCUT2D eigenvalue weighted by atomic mass is 16.5. The molecule has 1 saturated heterocycles. The van der Waals surface area contributed by atoms with Gasteiger partial charge in [0.05, 0.1) is 18.2 Å². The number of esters is 1. The van der Waals surface area contributed by atoms with Gasteiger partial charge < -0.3 is 25.4 Å². The Kier molecular flexibility index (Phi) is 6.14. The van der Waals surface area contributed by atoms with Crippen LogP contribution in [0.5, 0.6) is 5.75 Å². The lowest BCUT2D eigenvalue weighted by Crippen LogP contribution is -2.59. The summed E-state index contributed by atoms with van der Waals surface area (Å²) in [5.41, 5.74) is 6.46. The van der Waals surface area contributed by atoms with E-state index in [1.807, 2.05) is 30.3 Å². The van der Waals surface area contributed by atoms with Gasteiger partial charge in [-0.05, 0) is 31.0 Å². The van der Waals surface area contributed by atoms with Crippen LogP contribution in [0.2, 0.25) is 0 Å². The molecule has 1 spiro atoms. The van der Waals surface area contributed by atoms with Crippen LogP contribution in [0.1, 0.15) is 22.8 Å². The Hall–Kier alpha value is -3.39. The predicted octanol–water partition coefficient (Wildman–Crippen LogP) is 1.14. The molecule has 0 bridgehead atoms. The van der Waals surface area contributed by atoms with E-state index in [4.69, 9.17) is 15.2 Å². The fourth-order valence-electron chi connectivity index (χ4n) is 4.40.